The molecule has 4 heteroatoms. The molecule has 3 N–H and O–H groups in total. The Kier molecular flexibility index (Phi) is 4.97. The monoisotopic (exact) mass is 237 g/mol. The van der Waals surface area contributed by atoms with Crippen molar-refractivity contribution in [3.05, 3.63) is 29.8 Å². The fourth-order valence-corrected chi connectivity index (χ4v) is 1.74. The average Bonchev–Trinajstić information content (AvgIpc) is 2.27. The largest absolute Gasteiger partial charge is 0.497 e. The first-order valence-corrected chi connectivity index (χ1v) is 5.78. The maximum Gasteiger partial charge on any atom is 0.272 e. The maximum absolute atomic E-state index is 11.0. The van der Waals surface area contributed by atoms with Gasteiger partial charge in [0, 0.05) is 5.56 Å². The molecule has 0 aliphatic carbocycles. The molecule has 1 aromatic carbocycles. The SMILES string of the molecule is COc1cccc(C[NH+](CC(N)=O)C(C)C)c1. The first kappa shape index (κ1) is 13.5. The van der Waals surface area contributed by atoms with Crippen LogP contribution in [-0.4, -0.2) is 25.6 Å². The van der Waals surface area contributed by atoms with E-state index < -0.39 is 0 Å². The van der Waals surface area contributed by atoms with Crippen LogP contribution in [0.1, 0.15) is 19.4 Å². The van der Waals surface area contributed by atoms with Gasteiger partial charge in [-0.15, -0.1) is 0 Å². The number of nitrogens with two attached hydrogens (primary N) is 1. The summed E-state index contributed by atoms with van der Waals surface area (Å²) >= 11 is 0. The number of amides is 1. The summed E-state index contributed by atoms with van der Waals surface area (Å²) < 4.78 is 5.18. The van der Waals surface area contributed by atoms with Gasteiger partial charge >= 0.3 is 0 Å². The number of ether oxygens (including phenoxy) is 1. The lowest BCUT2D eigenvalue weighted by Gasteiger charge is -2.22. The quantitative estimate of drug-likeness (QED) is 0.730. The van der Waals surface area contributed by atoms with Crippen molar-refractivity contribution in [1.29, 1.82) is 0 Å². The maximum atomic E-state index is 11.0. The molecule has 4 nitrogen and oxygen atoms in total. The van der Waals surface area contributed by atoms with Crippen LogP contribution in [0.3, 0.4) is 0 Å². The van der Waals surface area contributed by atoms with Crippen LogP contribution in [0.15, 0.2) is 24.3 Å². The van der Waals surface area contributed by atoms with E-state index in [9.17, 15) is 4.79 Å². The van der Waals surface area contributed by atoms with E-state index in [2.05, 4.69) is 13.8 Å². The lowest BCUT2D eigenvalue weighted by atomic mass is 10.2. The minimum absolute atomic E-state index is 0.267. The van der Waals surface area contributed by atoms with Crippen molar-refractivity contribution >= 4 is 5.91 Å². The molecule has 1 rings (SSSR count). The topological polar surface area (TPSA) is 56.8 Å². The molecular formula is C13H21N2O2+. The molecule has 0 bridgehead atoms. The first-order chi connectivity index (χ1) is 8.02. The molecule has 0 radical (unpaired) electrons. The number of hydrogen-bond donors (Lipinski definition) is 2. The van der Waals surface area contributed by atoms with E-state index in [4.69, 9.17) is 10.5 Å². The number of rotatable bonds is 6. The van der Waals surface area contributed by atoms with Gasteiger partial charge in [0.2, 0.25) is 0 Å². The molecule has 94 valence electrons. The highest BCUT2D eigenvalue weighted by Gasteiger charge is 2.16. The van der Waals surface area contributed by atoms with E-state index in [1.165, 1.54) is 0 Å². The standard InChI is InChI=1S/C13H20N2O2/c1-10(2)15(9-13(14)16)8-11-5-4-6-12(7-11)17-3/h4-7,10H,8-9H2,1-3H3,(H2,14,16)/p+1. The number of benzene rings is 1. The fourth-order valence-electron chi connectivity index (χ4n) is 1.74. The van der Waals surface area contributed by atoms with Gasteiger partial charge in [0.15, 0.2) is 6.54 Å². The van der Waals surface area contributed by atoms with E-state index in [0.717, 1.165) is 22.8 Å². The van der Waals surface area contributed by atoms with Gasteiger partial charge in [0.25, 0.3) is 5.91 Å². The molecule has 0 aliphatic rings. The minimum Gasteiger partial charge on any atom is -0.497 e. The van der Waals surface area contributed by atoms with Gasteiger partial charge < -0.3 is 15.4 Å². The summed E-state index contributed by atoms with van der Waals surface area (Å²) in [6.07, 6.45) is 0. The second kappa shape index (κ2) is 6.25. The molecule has 1 unspecified atom stereocenters. The van der Waals surface area contributed by atoms with Crippen LogP contribution in [0, 0.1) is 0 Å². The van der Waals surface area contributed by atoms with Crippen molar-refractivity contribution in [2.45, 2.75) is 26.4 Å². The predicted octanol–water partition coefficient (Wildman–Crippen LogP) is -0.0262. The molecular weight excluding hydrogens is 216 g/mol. The second-order valence-electron chi connectivity index (χ2n) is 4.48. The van der Waals surface area contributed by atoms with Crippen molar-refractivity contribution in [1.82, 2.24) is 0 Å². The smallest absolute Gasteiger partial charge is 0.272 e. The Morgan fingerprint density at radius 1 is 1.47 bits per heavy atom. The summed E-state index contributed by atoms with van der Waals surface area (Å²) in [6, 6.07) is 8.24. The number of primary amides is 1. The summed E-state index contributed by atoms with van der Waals surface area (Å²) in [6.45, 7) is 5.30. The molecule has 0 spiro atoms. The number of hydrogen-bond acceptors (Lipinski definition) is 2. The predicted molar refractivity (Wildman–Crippen MR) is 66.9 cm³/mol. The summed E-state index contributed by atoms with van der Waals surface area (Å²) in [5.41, 5.74) is 6.40. The number of nitrogens with one attached hydrogen (secondary N) is 1. The Balaban J connectivity index is 2.74. The molecule has 17 heavy (non-hydrogen) atoms. The highest BCUT2D eigenvalue weighted by atomic mass is 16.5. The van der Waals surface area contributed by atoms with Crippen LogP contribution in [0.25, 0.3) is 0 Å². The number of carbonyl (C=O) groups excluding carboxylic acids is 1. The zero-order valence-corrected chi connectivity index (χ0v) is 10.7. The van der Waals surface area contributed by atoms with Crippen molar-refractivity contribution in [2.75, 3.05) is 13.7 Å². The molecule has 0 heterocycles. The van der Waals surface area contributed by atoms with Gasteiger partial charge in [-0.05, 0) is 26.0 Å². The average molecular weight is 237 g/mol. The molecule has 1 aromatic rings. The van der Waals surface area contributed by atoms with Crippen LogP contribution < -0.4 is 15.4 Å². The number of methoxy groups -OCH3 is 1. The summed E-state index contributed by atoms with van der Waals surface area (Å²) in [5.74, 6) is 0.571. The molecule has 1 atom stereocenters. The molecule has 1 amide bonds. The van der Waals surface area contributed by atoms with Crippen molar-refractivity contribution < 1.29 is 14.4 Å². The highest BCUT2D eigenvalue weighted by Crippen LogP contribution is 2.11. The third-order valence-corrected chi connectivity index (χ3v) is 2.78. The van der Waals surface area contributed by atoms with Crippen molar-refractivity contribution in [2.24, 2.45) is 5.73 Å². The summed E-state index contributed by atoms with van der Waals surface area (Å²) in [7, 11) is 1.65. The van der Waals surface area contributed by atoms with Crippen LogP contribution in [0.5, 0.6) is 5.75 Å². The summed E-state index contributed by atoms with van der Waals surface area (Å²) in [4.78, 5) is 12.2. The lowest BCUT2D eigenvalue weighted by Crippen LogP contribution is -3.14. The van der Waals surface area contributed by atoms with Gasteiger partial charge in [0.1, 0.15) is 12.3 Å². The zero-order chi connectivity index (χ0) is 12.8. The zero-order valence-electron chi connectivity index (χ0n) is 10.7. The van der Waals surface area contributed by atoms with Gasteiger partial charge in [0.05, 0.1) is 13.2 Å². The van der Waals surface area contributed by atoms with Gasteiger partial charge in [-0.1, -0.05) is 12.1 Å². The number of quaternary nitrogens is 1. The fraction of sp³-hybridized carbons (Fsp3) is 0.462. The molecule has 0 fully saturated rings. The van der Waals surface area contributed by atoms with E-state index in [1.54, 1.807) is 7.11 Å². The van der Waals surface area contributed by atoms with Crippen LogP contribution in [0.2, 0.25) is 0 Å². The number of carbonyl (C=O) groups is 1. The Hall–Kier alpha value is -1.55. The van der Waals surface area contributed by atoms with Gasteiger partial charge in [-0.25, -0.2) is 0 Å². The second-order valence-corrected chi connectivity index (χ2v) is 4.48. The lowest BCUT2D eigenvalue weighted by molar-refractivity contribution is -0.927. The van der Waals surface area contributed by atoms with E-state index >= 15 is 0 Å². The third kappa shape index (κ3) is 4.44. The molecule has 0 aliphatic heterocycles. The first-order valence-electron chi connectivity index (χ1n) is 5.78. The van der Waals surface area contributed by atoms with Crippen molar-refractivity contribution in [3.8, 4) is 5.75 Å². The molecule has 0 aromatic heterocycles. The third-order valence-electron chi connectivity index (χ3n) is 2.78. The Morgan fingerprint density at radius 3 is 2.71 bits per heavy atom. The molecule has 0 saturated heterocycles. The van der Waals surface area contributed by atoms with Crippen LogP contribution in [-0.2, 0) is 11.3 Å². The van der Waals surface area contributed by atoms with Gasteiger partial charge in [-0.2, -0.15) is 0 Å². The molecule has 0 saturated carbocycles. The van der Waals surface area contributed by atoms with Gasteiger partial charge in [-0.3, -0.25) is 4.79 Å². The Morgan fingerprint density at radius 2 is 2.18 bits per heavy atom. The highest BCUT2D eigenvalue weighted by molar-refractivity contribution is 5.74. The van der Waals surface area contributed by atoms with Crippen LogP contribution in [0.4, 0.5) is 0 Å². The van der Waals surface area contributed by atoms with E-state index in [-0.39, 0.29) is 5.91 Å². The minimum atomic E-state index is -0.267. The normalized spacial score (nSPS) is 12.5. The van der Waals surface area contributed by atoms with E-state index in [1.807, 2.05) is 24.3 Å². The Labute approximate surface area is 102 Å². The summed E-state index contributed by atoms with van der Waals surface area (Å²) in [5, 5.41) is 0. The Bertz CT molecular complexity index is 377. The van der Waals surface area contributed by atoms with Crippen LogP contribution >= 0.6 is 0 Å². The van der Waals surface area contributed by atoms with E-state index in [0.29, 0.717) is 12.6 Å². The van der Waals surface area contributed by atoms with Crippen molar-refractivity contribution in [3.63, 3.8) is 0 Å².